The van der Waals surface area contributed by atoms with Crippen molar-refractivity contribution >= 4 is 29.5 Å². The highest BCUT2D eigenvalue weighted by atomic mass is 16.6. The van der Waals surface area contributed by atoms with Gasteiger partial charge in [-0.3, -0.25) is 19.3 Å². The van der Waals surface area contributed by atoms with Gasteiger partial charge in [-0.2, -0.15) is 0 Å². The third-order valence-corrected chi connectivity index (χ3v) is 11.1. The Morgan fingerprint density at radius 1 is 0.800 bits per heavy atom. The van der Waals surface area contributed by atoms with Gasteiger partial charge in [-0.1, -0.05) is 127 Å². The lowest BCUT2D eigenvalue weighted by Gasteiger charge is -2.46. The van der Waals surface area contributed by atoms with E-state index in [9.17, 15) is 19.5 Å². The molecule has 1 spiro atoms. The molecule has 5 aromatic carbocycles. The van der Waals surface area contributed by atoms with E-state index in [2.05, 4.69) is 17.2 Å². The number of ether oxygens (including phenoxy) is 1. The van der Waals surface area contributed by atoms with Gasteiger partial charge in [0.05, 0.1) is 29.7 Å². The number of imide groups is 1. The monoisotopic (exact) mass is 732 g/mol. The molecule has 4 amide bonds. The molecule has 0 radical (unpaired) electrons. The number of fused-ring (bicyclic) bond motifs is 3. The standard InChI is InChI=1S/C45H40N4O6/c1-3-27-46-41(51)36-38-42(52)55-39(31-19-11-6-12-20-31)37(30-17-9-5-10-18-30)49(38)40(32-23-25-33(50)26-24-32)45(36)34-21-13-14-22-35(34)48(43(45)53)44(54)47-28(2)29-15-7-4-8-16-29/h3-26,28,36-40,50H,1,27H2,2H3,(H,46,51)(H,47,54)/t28-,36-,37-,38-,39+,40+,45-/m1/s1. The molecule has 2 saturated heterocycles. The van der Waals surface area contributed by atoms with Gasteiger partial charge in [0.15, 0.2) is 0 Å². The van der Waals surface area contributed by atoms with Crippen LogP contribution < -0.4 is 15.5 Å². The molecule has 276 valence electrons. The van der Waals surface area contributed by atoms with Gasteiger partial charge in [0.1, 0.15) is 23.3 Å². The van der Waals surface area contributed by atoms with Gasteiger partial charge in [0.25, 0.3) is 0 Å². The maximum atomic E-state index is 15.9. The molecule has 3 N–H and O–H groups in total. The Bertz CT molecular complexity index is 2250. The van der Waals surface area contributed by atoms with Crippen LogP contribution in [0.4, 0.5) is 10.5 Å². The molecule has 3 aliphatic rings. The Kier molecular flexibility index (Phi) is 9.28. The number of morpholine rings is 1. The summed E-state index contributed by atoms with van der Waals surface area (Å²) in [5.41, 5.74) is 1.82. The van der Waals surface area contributed by atoms with Crippen molar-refractivity contribution in [3.8, 4) is 5.75 Å². The average molecular weight is 733 g/mol. The number of hydrogen-bond acceptors (Lipinski definition) is 7. The van der Waals surface area contributed by atoms with E-state index in [0.717, 1.165) is 21.6 Å². The van der Waals surface area contributed by atoms with Crippen molar-refractivity contribution in [1.82, 2.24) is 15.5 Å². The van der Waals surface area contributed by atoms with Gasteiger partial charge in [-0.05, 0) is 52.9 Å². The maximum Gasteiger partial charge on any atom is 0.329 e. The van der Waals surface area contributed by atoms with Crippen molar-refractivity contribution in [3.63, 3.8) is 0 Å². The van der Waals surface area contributed by atoms with Crippen LogP contribution in [0.1, 0.15) is 59.0 Å². The van der Waals surface area contributed by atoms with E-state index in [4.69, 9.17) is 4.74 Å². The third kappa shape index (κ3) is 5.77. The van der Waals surface area contributed by atoms with E-state index < -0.39 is 65.4 Å². The fourth-order valence-corrected chi connectivity index (χ4v) is 8.88. The van der Waals surface area contributed by atoms with Crippen molar-refractivity contribution < 1.29 is 29.0 Å². The molecule has 0 unspecified atom stereocenters. The molecule has 10 heteroatoms. The van der Waals surface area contributed by atoms with Gasteiger partial charge in [-0.15, -0.1) is 6.58 Å². The van der Waals surface area contributed by atoms with Crippen molar-refractivity contribution in [2.24, 2.45) is 5.92 Å². The van der Waals surface area contributed by atoms with Crippen LogP contribution in [0.25, 0.3) is 0 Å². The van der Waals surface area contributed by atoms with Crippen LogP contribution in [-0.4, -0.2) is 46.4 Å². The zero-order chi connectivity index (χ0) is 38.3. The Morgan fingerprint density at radius 3 is 2.05 bits per heavy atom. The van der Waals surface area contributed by atoms with Crippen molar-refractivity contribution in [3.05, 3.63) is 180 Å². The van der Waals surface area contributed by atoms with E-state index in [0.29, 0.717) is 16.8 Å². The summed E-state index contributed by atoms with van der Waals surface area (Å²) < 4.78 is 6.42. The summed E-state index contributed by atoms with van der Waals surface area (Å²) in [6.07, 6.45) is 0.693. The summed E-state index contributed by atoms with van der Waals surface area (Å²) in [4.78, 5) is 63.2. The molecular weight excluding hydrogens is 693 g/mol. The van der Waals surface area contributed by atoms with Crippen molar-refractivity contribution in [2.45, 2.75) is 42.6 Å². The Hall–Kier alpha value is -6.52. The van der Waals surface area contributed by atoms with Crippen LogP contribution in [0.2, 0.25) is 0 Å². The molecule has 10 nitrogen and oxygen atoms in total. The zero-order valence-electron chi connectivity index (χ0n) is 30.1. The summed E-state index contributed by atoms with van der Waals surface area (Å²) >= 11 is 0. The van der Waals surface area contributed by atoms with Crippen LogP contribution in [0.5, 0.6) is 5.75 Å². The topological polar surface area (TPSA) is 128 Å². The van der Waals surface area contributed by atoms with E-state index >= 15 is 4.79 Å². The number of aromatic hydroxyl groups is 1. The Balaban J connectivity index is 1.39. The van der Waals surface area contributed by atoms with Gasteiger partial charge >= 0.3 is 12.0 Å². The van der Waals surface area contributed by atoms with E-state index in [1.807, 2.05) is 103 Å². The van der Waals surface area contributed by atoms with Gasteiger partial charge in [0.2, 0.25) is 11.8 Å². The van der Waals surface area contributed by atoms with Gasteiger partial charge < -0.3 is 20.5 Å². The number of phenols is 1. The molecule has 0 aromatic heterocycles. The minimum absolute atomic E-state index is 0.00139. The fourth-order valence-electron chi connectivity index (χ4n) is 8.88. The van der Waals surface area contributed by atoms with E-state index in [1.165, 1.54) is 18.2 Å². The summed E-state index contributed by atoms with van der Waals surface area (Å²) in [5.74, 6) is -3.28. The van der Waals surface area contributed by atoms with Crippen LogP contribution in [-0.2, 0) is 24.5 Å². The number of amides is 4. The summed E-state index contributed by atoms with van der Waals surface area (Å²) in [5, 5.41) is 16.4. The lowest BCUT2D eigenvalue weighted by atomic mass is 9.65. The molecule has 8 rings (SSSR count). The number of anilines is 1. The number of phenolic OH excluding ortho intramolecular Hbond substituents is 1. The minimum atomic E-state index is -1.84. The number of para-hydroxylation sites is 1. The molecule has 0 bridgehead atoms. The first-order chi connectivity index (χ1) is 26.8. The Labute approximate surface area is 319 Å². The molecular formula is C45H40N4O6. The largest absolute Gasteiger partial charge is 0.508 e. The molecule has 0 aliphatic carbocycles. The molecule has 5 aromatic rings. The molecule has 7 atom stereocenters. The van der Waals surface area contributed by atoms with Gasteiger partial charge in [-0.25, -0.2) is 9.69 Å². The van der Waals surface area contributed by atoms with E-state index in [1.54, 1.807) is 36.4 Å². The smallest absolute Gasteiger partial charge is 0.329 e. The number of nitrogens with zero attached hydrogens (tertiary/aromatic N) is 2. The predicted molar refractivity (Wildman–Crippen MR) is 207 cm³/mol. The third-order valence-electron chi connectivity index (χ3n) is 11.1. The number of urea groups is 1. The van der Waals surface area contributed by atoms with E-state index in [-0.39, 0.29) is 12.3 Å². The van der Waals surface area contributed by atoms with Crippen molar-refractivity contribution in [2.75, 3.05) is 11.4 Å². The van der Waals surface area contributed by atoms with Crippen LogP contribution in [0.15, 0.2) is 152 Å². The van der Waals surface area contributed by atoms with Crippen LogP contribution in [0.3, 0.4) is 0 Å². The molecule has 55 heavy (non-hydrogen) atoms. The first-order valence-corrected chi connectivity index (χ1v) is 18.3. The van der Waals surface area contributed by atoms with Crippen LogP contribution >= 0.6 is 0 Å². The number of carbonyl (C=O) groups excluding carboxylic acids is 4. The average Bonchev–Trinajstić information content (AvgIpc) is 3.67. The lowest BCUT2D eigenvalue weighted by Crippen LogP contribution is -2.56. The molecule has 0 saturated carbocycles. The Morgan fingerprint density at radius 2 is 1.40 bits per heavy atom. The highest BCUT2D eigenvalue weighted by Gasteiger charge is 2.75. The first-order valence-electron chi connectivity index (χ1n) is 18.3. The molecule has 3 heterocycles. The molecule has 2 fully saturated rings. The number of esters is 1. The highest BCUT2D eigenvalue weighted by Crippen LogP contribution is 2.65. The quantitative estimate of drug-likeness (QED) is 0.118. The summed E-state index contributed by atoms with van der Waals surface area (Å²) in [6.45, 7) is 5.68. The number of benzene rings is 5. The number of carbonyl (C=O) groups is 4. The SMILES string of the molecule is C=CCNC(=O)[C@H]1[C@@H]2C(=O)O[C@@H](c3ccccc3)[C@@H](c3ccccc3)N2[C@@H](c2ccc(O)cc2)[C@]12C(=O)N(C(=O)N[C@H](C)c1ccccc1)c1ccccc12. The summed E-state index contributed by atoms with van der Waals surface area (Å²) in [6, 6.07) is 37.7. The molecule has 3 aliphatic heterocycles. The second kappa shape index (κ2) is 14.4. The van der Waals surface area contributed by atoms with Crippen LogP contribution in [0, 0.1) is 5.92 Å². The first kappa shape index (κ1) is 35.5. The minimum Gasteiger partial charge on any atom is -0.508 e. The predicted octanol–water partition coefficient (Wildman–Crippen LogP) is 6.83. The highest BCUT2D eigenvalue weighted by molar-refractivity contribution is 6.24. The second-order valence-corrected chi connectivity index (χ2v) is 14.1. The summed E-state index contributed by atoms with van der Waals surface area (Å²) in [7, 11) is 0. The normalized spacial score (nSPS) is 24.7. The maximum absolute atomic E-state index is 15.9. The lowest BCUT2D eigenvalue weighted by molar-refractivity contribution is -0.178. The fraction of sp³-hybridized carbons (Fsp3) is 0.200. The number of hydrogen-bond donors (Lipinski definition) is 3. The number of cyclic esters (lactones) is 1. The number of nitrogens with one attached hydrogen (secondary N) is 2. The zero-order valence-corrected chi connectivity index (χ0v) is 30.1. The van der Waals surface area contributed by atoms with Gasteiger partial charge in [0, 0.05) is 6.54 Å². The van der Waals surface area contributed by atoms with Crippen molar-refractivity contribution in [1.29, 1.82) is 0 Å². The number of rotatable bonds is 8. The second-order valence-electron chi connectivity index (χ2n) is 14.1.